The molecule has 1 aliphatic rings. The Morgan fingerprint density at radius 1 is 1.26 bits per heavy atom. The maximum Gasteiger partial charge on any atom is 0.387 e. The minimum atomic E-state index is -2.91. The Hall–Kier alpha value is -1.65. The maximum atomic E-state index is 12.2. The van der Waals surface area contributed by atoms with Gasteiger partial charge in [-0.1, -0.05) is 19.3 Å². The first kappa shape index (κ1) is 13.8. The van der Waals surface area contributed by atoms with E-state index in [2.05, 4.69) is 4.74 Å². The van der Waals surface area contributed by atoms with Crippen molar-refractivity contribution in [2.45, 2.75) is 38.7 Å². The average Bonchev–Trinajstić information content (AvgIpc) is 2.41. The van der Waals surface area contributed by atoms with Crippen LogP contribution in [0.25, 0.3) is 0 Å². The molecule has 0 unspecified atom stereocenters. The second kappa shape index (κ2) is 5.99. The maximum absolute atomic E-state index is 12.2. The number of benzene rings is 1. The lowest BCUT2D eigenvalue weighted by Crippen LogP contribution is -2.18. The summed E-state index contributed by atoms with van der Waals surface area (Å²) in [6, 6.07) is 4.26. The number of hydrogen-bond donors (Lipinski definition) is 1. The van der Waals surface area contributed by atoms with Crippen molar-refractivity contribution in [1.82, 2.24) is 0 Å². The number of ether oxygens (including phenoxy) is 1. The van der Waals surface area contributed by atoms with Gasteiger partial charge in [0.25, 0.3) is 0 Å². The third-order valence-corrected chi connectivity index (χ3v) is 3.49. The molecule has 0 heterocycles. The van der Waals surface area contributed by atoms with E-state index in [0.717, 1.165) is 25.7 Å². The van der Waals surface area contributed by atoms with Crippen molar-refractivity contribution >= 4 is 11.5 Å². The van der Waals surface area contributed by atoms with Gasteiger partial charge in [0.15, 0.2) is 5.78 Å². The van der Waals surface area contributed by atoms with Crippen molar-refractivity contribution in [3.8, 4) is 5.75 Å². The number of halogens is 2. The SMILES string of the molecule is Nc1cc(C(=O)C2CCCCC2)ccc1OC(F)F. The van der Waals surface area contributed by atoms with Crippen LogP contribution in [0.15, 0.2) is 18.2 Å². The Morgan fingerprint density at radius 2 is 1.95 bits per heavy atom. The Morgan fingerprint density at radius 3 is 2.53 bits per heavy atom. The fraction of sp³-hybridized carbons (Fsp3) is 0.500. The molecule has 2 rings (SSSR count). The summed E-state index contributed by atoms with van der Waals surface area (Å²) in [5.41, 5.74) is 6.18. The lowest BCUT2D eigenvalue weighted by molar-refractivity contribution is -0.0493. The van der Waals surface area contributed by atoms with Crippen LogP contribution >= 0.6 is 0 Å². The predicted molar refractivity (Wildman–Crippen MR) is 68.4 cm³/mol. The van der Waals surface area contributed by atoms with Gasteiger partial charge in [-0.3, -0.25) is 4.79 Å². The molecule has 0 spiro atoms. The van der Waals surface area contributed by atoms with Crippen molar-refractivity contribution in [2.24, 2.45) is 5.92 Å². The van der Waals surface area contributed by atoms with Crippen LogP contribution in [0.1, 0.15) is 42.5 Å². The quantitative estimate of drug-likeness (QED) is 0.670. The lowest BCUT2D eigenvalue weighted by atomic mass is 9.84. The highest BCUT2D eigenvalue weighted by atomic mass is 19.3. The number of anilines is 1. The standard InChI is InChI=1S/C14H17F2NO2/c15-14(16)19-12-7-6-10(8-11(12)17)13(18)9-4-2-1-3-5-9/h6-9,14H,1-5,17H2. The summed E-state index contributed by atoms with van der Waals surface area (Å²) in [5, 5.41) is 0. The molecule has 0 aromatic heterocycles. The number of rotatable bonds is 4. The monoisotopic (exact) mass is 269 g/mol. The second-order valence-electron chi connectivity index (χ2n) is 4.83. The summed E-state index contributed by atoms with van der Waals surface area (Å²) in [7, 11) is 0. The number of nitrogens with two attached hydrogens (primary N) is 1. The van der Waals surface area contributed by atoms with Crippen molar-refractivity contribution in [3.63, 3.8) is 0 Å². The smallest absolute Gasteiger partial charge is 0.387 e. The van der Waals surface area contributed by atoms with Crippen molar-refractivity contribution in [1.29, 1.82) is 0 Å². The van der Waals surface area contributed by atoms with Gasteiger partial charge in [-0.15, -0.1) is 0 Å². The summed E-state index contributed by atoms with van der Waals surface area (Å²) in [6.45, 7) is -2.91. The van der Waals surface area contributed by atoms with Crippen molar-refractivity contribution in [3.05, 3.63) is 23.8 Å². The number of alkyl halides is 2. The van der Waals surface area contributed by atoms with Crippen LogP contribution in [0.2, 0.25) is 0 Å². The van der Waals surface area contributed by atoms with Crippen LogP contribution in [0.3, 0.4) is 0 Å². The normalized spacial score (nSPS) is 16.6. The minimum Gasteiger partial charge on any atom is -0.433 e. The number of Topliss-reactive ketones (excluding diaryl/α,β-unsaturated/α-hetero) is 1. The van der Waals surface area contributed by atoms with Crippen LogP contribution in [0.4, 0.5) is 14.5 Å². The number of carbonyl (C=O) groups excluding carboxylic acids is 1. The summed E-state index contributed by atoms with van der Waals surface area (Å²) in [5.74, 6) is 0.000193. The van der Waals surface area contributed by atoms with Crippen molar-refractivity contribution in [2.75, 3.05) is 5.73 Å². The average molecular weight is 269 g/mol. The zero-order valence-electron chi connectivity index (χ0n) is 10.6. The molecular formula is C14H17F2NO2. The summed E-state index contributed by atoms with van der Waals surface area (Å²) < 4.78 is 28.5. The molecular weight excluding hydrogens is 252 g/mol. The van der Waals surface area contributed by atoms with Gasteiger partial charge in [0.1, 0.15) is 5.75 Å². The van der Waals surface area contributed by atoms with E-state index in [1.54, 1.807) is 0 Å². The molecule has 0 aliphatic heterocycles. The van der Waals surface area contributed by atoms with E-state index in [0.29, 0.717) is 5.56 Å². The summed E-state index contributed by atoms with van der Waals surface area (Å²) >= 11 is 0. The molecule has 0 radical (unpaired) electrons. The number of nitrogen functional groups attached to an aromatic ring is 1. The van der Waals surface area contributed by atoms with Gasteiger partial charge >= 0.3 is 6.61 Å². The highest BCUT2D eigenvalue weighted by Gasteiger charge is 2.23. The van der Waals surface area contributed by atoms with Gasteiger partial charge < -0.3 is 10.5 Å². The fourth-order valence-electron chi connectivity index (χ4n) is 2.51. The topological polar surface area (TPSA) is 52.3 Å². The molecule has 2 N–H and O–H groups in total. The Labute approximate surface area is 110 Å². The highest BCUT2D eigenvalue weighted by molar-refractivity contribution is 5.98. The Kier molecular flexibility index (Phi) is 4.35. The first-order chi connectivity index (χ1) is 9.08. The minimum absolute atomic E-state index is 0.0371. The highest BCUT2D eigenvalue weighted by Crippen LogP contribution is 2.30. The number of hydrogen-bond acceptors (Lipinski definition) is 3. The fourth-order valence-corrected chi connectivity index (χ4v) is 2.51. The van der Waals surface area contributed by atoms with E-state index in [1.165, 1.54) is 24.6 Å². The molecule has 19 heavy (non-hydrogen) atoms. The molecule has 1 aliphatic carbocycles. The Balaban J connectivity index is 2.12. The molecule has 0 atom stereocenters. The first-order valence-corrected chi connectivity index (χ1v) is 6.46. The van der Waals surface area contributed by atoms with Gasteiger partial charge in [0.05, 0.1) is 5.69 Å². The summed E-state index contributed by atoms with van der Waals surface area (Å²) in [6.07, 6.45) is 5.10. The van der Waals surface area contributed by atoms with Crippen LogP contribution in [-0.4, -0.2) is 12.4 Å². The number of ketones is 1. The molecule has 1 aromatic rings. The van der Waals surface area contributed by atoms with Gasteiger partial charge in [-0.25, -0.2) is 0 Å². The third-order valence-electron chi connectivity index (χ3n) is 3.49. The van der Waals surface area contributed by atoms with E-state index < -0.39 is 6.61 Å². The third kappa shape index (κ3) is 3.43. The van der Waals surface area contributed by atoms with Crippen LogP contribution in [0.5, 0.6) is 5.75 Å². The summed E-state index contributed by atoms with van der Waals surface area (Å²) in [4.78, 5) is 12.2. The largest absolute Gasteiger partial charge is 0.433 e. The molecule has 1 aromatic carbocycles. The Bertz CT molecular complexity index is 457. The second-order valence-corrected chi connectivity index (χ2v) is 4.83. The predicted octanol–water partition coefficient (Wildman–Crippen LogP) is 3.63. The molecule has 5 heteroatoms. The lowest BCUT2D eigenvalue weighted by Gasteiger charge is -2.20. The zero-order valence-corrected chi connectivity index (χ0v) is 10.6. The van der Waals surface area contributed by atoms with E-state index in [9.17, 15) is 13.6 Å². The van der Waals surface area contributed by atoms with E-state index in [4.69, 9.17) is 5.73 Å². The first-order valence-electron chi connectivity index (χ1n) is 6.46. The van der Waals surface area contributed by atoms with Gasteiger partial charge in [0, 0.05) is 11.5 Å². The van der Waals surface area contributed by atoms with Crippen molar-refractivity contribution < 1.29 is 18.3 Å². The van der Waals surface area contributed by atoms with Crippen LogP contribution < -0.4 is 10.5 Å². The molecule has 1 saturated carbocycles. The molecule has 0 amide bonds. The van der Waals surface area contributed by atoms with Crippen LogP contribution in [0, 0.1) is 5.92 Å². The molecule has 0 saturated heterocycles. The molecule has 0 bridgehead atoms. The van der Waals surface area contributed by atoms with E-state index >= 15 is 0 Å². The molecule has 104 valence electrons. The van der Waals surface area contributed by atoms with E-state index in [-0.39, 0.29) is 23.1 Å². The van der Waals surface area contributed by atoms with Gasteiger partial charge in [-0.2, -0.15) is 8.78 Å². The molecule has 3 nitrogen and oxygen atoms in total. The van der Waals surface area contributed by atoms with Crippen LogP contribution in [-0.2, 0) is 0 Å². The molecule has 1 fully saturated rings. The van der Waals surface area contributed by atoms with Gasteiger partial charge in [-0.05, 0) is 31.0 Å². The zero-order chi connectivity index (χ0) is 13.8. The van der Waals surface area contributed by atoms with Gasteiger partial charge in [0.2, 0.25) is 0 Å². The number of carbonyl (C=O) groups is 1. The van der Waals surface area contributed by atoms with E-state index in [1.807, 2.05) is 0 Å².